The fourth-order valence-electron chi connectivity index (χ4n) is 3.12. The predicted octanol–water partition coefficient (Wildman–Crippen LogP) is 3.72. The van der Waals surface area contributed by atoms with Gasteiger partial charge < -0.3 is 10.1 Å². The van der Waals surface area contributed by atoms with Gasteiger partial charge in [-0.1, -0.05) is 60.7 Å². The Bertz CT molecular complexity index is 986. The van der Waals surface area contributed by atoms with E-state index < -0.39 is 0 Å². The number of para-hydroxylation sites is 3. The Morgan fingerprint density at radius 3 is 2.48 bits per heavy atom. The SMILES string of the molecule is O=C(CN1C(=O)COc2ccccc21)Nc1ccccc1-c1ccccc1. The molecule has 0 radical (unpaired) electrons. The zero-order valence-corrected chi connectivity index (χ0v) is 14.6. The smallest absolute Gasteiger partial charge is 0.265 e. The lowest BCUT2D eigenvalue weighted by Crippen LogP contribution is -2.43. The summed E-state index contributed by atoms with van der Waals surface area (Å²) in [6.07, 6.45) is 0. The summed E-state index contributed by atoms with van der Waals surface area (Å²) in [7, 11) is 0. The zero-order chi connectivity index (χ0) is 18.6. The molecule has 0 bridgehead atoms. The fraction of sp³-hybridized carbons (Fsp3) is 0.0909. The van der Waals surface area contributed by atoms with Gasteiger partial charge in [0.2, 0.25) is 5.91 Å². The van der Waals surface area contributed by atoms with E-state index in [1.165, 1.54) is 4.90 Å². The molecule has 0 aliphatic carbocycles. The van der Waals surface area contributed by atoms with Crippen LogP contribution < -0.4 is 15.0 Å². The average molecular weight is 358 g/mol. The Kier molecular flexibility index (Phi) is 4.58. The van der Waals surface area contributed by atoms with Crippen molar-refractivity contribution in [3.63, 3.8) is 0 Å². The number of nitrogens with one attached hydrogen (secondary N) is 1. The first-order valence-corrected chi connectivity index (χ1v) is 8.69. The molecule has 3 aromatic carbocycles. The van der Waals surface area contributed by atoms with Crippen molar-refractivity contribution in [3.8, 4) is 16.9 Å². The van der Waals surface area contributed by atoms with Crippen LogP contribution in [0.25, 0.3) is 11.1 Å². The van der Waals surface area contributed by atoms with Gasteiger partial charge in [0.05, 0.1) is 5.69 Å². The first-order valence-electron chi connectivity index (χ1n) is 8.69. The summed E-state index contributed by atoms with van der Waals surface area (Å²) >= 11 is 0. The molecule has 1 aliphatic rings. The minimum atomic E-state index is -0.261. The molecular formula is C22H18N2O3. The van der Waals surface area contributed by atoms with Crippen LogP contribution in [0.5, 0.6) is 5.75 Å². The van der Waals surface area contributed by atoms with E-state index in [0.717, 1.165) is 11.1 Å². The molecule has 3 aromatic rings. The highest BCUT2D eigenvalue weighted by atomic mass is 16.5. The number of fused-ring (bicyclic) bond motifs is 1. The topological polar surface area (TPSA) is 58.6 Å². The average Bonchev–Trinajstić information content (AvgIpc) is 2.71. The molecule has 2 amide bonds. The molecule has 5 nitrogen and oxygen atoms in total. The van der Waals surface area contributed by atoms with Gasteiger partial charge in [0.25, 0.3) is 5.91 Å². The molecule has 134 valence electrons. The maximum atomic E-state index is 12.7. The number of hydrogen-bond acceptors (Lipinski definition) is 3. The maximum Gasteiger partial charge on any atom is 0.265 e. The number of carbonyl (C=O) groups is 2. The third-order valence-corrected chi connectivity index (χ3v) is 4.40. The molecule has 0 saturated heterocycles. The molecule has 1 aliphatic heterocycles. The van der Waals surface area contributed by atoms with Gasteiger partial charge in [-0.15, -0.1) is 0 Å². The fourth-order valence-corrected chi connectivity index (χ4v) is 3.12. The molecule has 4 rings (SSSR count). The number of nitrogens with zero attached hydrogens (tertiary/aromatic N) is 1. The van der Waals surface area contributed by atoms with E-state index in [4.69, 9.17) is 4.74 Å². The van der Waals surface area contributed by atoms with Crippen LogP contribution in [0.1, 0.15) is 0 Å². The minimum absolute atomic E-state index is 0.0646. The van der Waals surface area contributed by atoms with E-state index in [-0.39, 0.29) is 25.0 Å². The summed E-state index contributed by atoms with van der Waals surface area (Å²) in [6.45, 7) is -0.132. The van der Waals surface area contributed by atoms with E-state index in [9.17, 15) is 9.59 Å². The summed E-state index contributed by atoms with van der Waals surface area (Å²) in [5.41, 5.74) is 3.27. The lowest BCUT2D eigenvalue weighted by atomic mass is 10.0. The molecule has 0 unspecified atom stereocenters. The van der Waals surface area contributed by atoms with Gasteiger partial charge >= 0.3 is 0 Å². The second-order valence-corrected chi connectivity index (χ2v) is 6.20. The minimum Gasteiger partial charge on any atom is -0.482 e. The molecule has 0 atom stereocenters. The highest BCUT2D eigenvalue weighted by Gasteiger charge is 2.27. The van der Waals surface area contributed by atoms with Crippen molar-refractivity contribution < 1.29 is 14.3 Å². The van der Waals surface area contributed by atoms with Crippen LogP contribution in [0, 0.1) is 0 Å². The monoisotopic (exact) mass is 358 g/mol. The Labute approximate surface area is 157 Å². The Hall–Kier alpha value is -3.60. The predicted molar refractivity (Wildman–Crippen MR) is 105 cm³/mol. The Morgan fingerprint density at radius 1 is 0.926 bits per heavy atom. The van der Waals surface area contributed by atoms with Gasteiger partial charge in [-0.25, -0.2) is 0 Å². The van der Waals surface area contributed by atoms with Gasteiger partial charge in [0.15, 0.2) is 6.61 Å². The van der Waals surface area contributed by atoms with Crippen LogP contribution in [-0.4, -0.2) is 25.0 Å². The maximum absolute atomic E-state index is 12.7. The summed E-state index contributed by atoms with van der Waals surface area (Å²) in [4.78, 5) is 26.4. The molecule has 0 aromatic heterocycles. The first kappa shape index (κ1) is 16.8. The summed E-state index contributed by atoms with van der Waals surface area (Å²) in [5.74, 6) is 0.109. The largest absolute Gasteiger partial charge is 0.482 e. The highest BCUT2D eigenvalue weighted by Crippen LogP contribution is 2.32. The van der Waals surface area contributed by atoms with Gasteiger partial charge in [-0.05, 0) is 23.8 Å². The number of carbonyl (C=O) groups excluding carboxylic acids is 2. The number of benzene rings is 3. The van der Waals surface area contributed by atoms with Gasteiger partial charge in [0, 0.05) is 11.3 Å². The summed E-state index contributed by atoms with van der Waals surface area (Å²) < 4.78 is 5.42. The molecular weight excluding hydrogens is 340 g/mol. The second kappa shape index (κ2) is 7.33. The normalized spacial score (nSPS) is 12.9. The van der Waals surface area contributed by atoms with E-state index in [1.54, 1.807) is 12.1 Å². The van der Waals surface area contributed by atoms with Crippen LogP contribution >= 0.6 is 0 Å². The number of amides is 2. The van der Waals surface area contributed by atoms with Crippen LogP contribution in [0.3, 0.4) is 0 Å². The quantitative estimate of drug-likeness (QED) is 0.773. The number of ether oxygens (including phenoxy) is 1. The van der Waals surface area contributed by atoms with Crippen LogP contribution in [0.15, 0.2) is 78.9 Å². The van der Waals surface area contributed by atoms with E-state index in [2.05, 4.69) is 5.32 Å². The van der Waals surface area contributed by atoms with Crippen molar-refractivity contribution in [1.82, 2.24) is 0 Å². The van der Waals surface area contributed by atoms with Crippen LogP contribution in [0.4, 0.5) is 11.4 Å². The molecule has 27 heavy (non-hydrogen) atoms. The number of hydrogen-bond donors (Lipinski definition) is 1. The van der Waals surface area contributed by atoms with Crippen molar-refractivity contribution in [2.24, 2.45) is 0 Å². The van der Waals surface area contributed by atoms with Gasteiger partial charge in [-0.3, -0.25) is 14.5 Å². The van der Waals surface area contributed by atoms with Crippen molar-refractivity contribution in [3.05, 3.63) is 78.9 Å². The van der Waals surface area contributed by atoms with Crippen molar-refractivity contribution in [1.29, 1.82) is 0 Å². The summed E-state index contributed by atoms with van der Waals surface area (Å²) in [5, 5.41) is 2.93. The molecule has 5 heteroatoms. The number of anilines is 2. The lowest BCUT2D eigenvalue weighted by Gasteiger charge is -2.28. The van der Waals surface area contributed by atoms with Gasteiger partial charge in [0.1, 0.15) is 12.3 Å². The Morgan fingerprint density at radius 2 is 1.63 bits per heavy atom. The highest BCUT2D eigenvalue weighted by molar-refractivity contribution is 6.05. The van der Waals surface area contributed by atoms with E-state index in [0.29, 0.717) is 17.1 Å². The lowest BCUT2D eigenvalue weighted by molar-refractivity contribution is -0.123. The molecule has 0 saturated carbocycles. The molecule has 0 fully saturated rings. The van der Waals surface area contributed by atoms with Crippen LogP contribution in [-0.2, 0) is 9.59 Å². The third kappa shape index (κ3) is 3.53. The summed E-state index contributed by atoms with van der Waals surface area (Å²) in [6, 6.07) is 24.7. The standard InChI is InChI=1S/C22H18N2O3/c25-21(14-24-19-12-6-7-13-20(19)27-15-22(24)26)23-18-11-5-4-10-17(18)16-8-2-1-3-9-16/h1-13H,14-15H2,(H,23,25). The van der Waals surface area contributed by atoms with Crippen molar-refractivity contribution in [2.45, 2.75) is 0 Å². The molecule has 1 heterocycles. The van der Waals surface area contributed by atoms with E-state index >= 15 is 0 Å². The molecule has 0 spiro atoms. The molecule has 1 N–H and O–H groups in total. The third-order valence-electron chi connectivity index (χ3n) is 4.40. The first-order chi connectivity index (χ1) is 13.2. The van der Waals surface area contributed by atoms with Crippen molar-refractivity contribution >= 4 is 23.2 Å². The van der Waals surface area contributed by atoms with Crippen LogP contribution in [0.2, 0.25) is 0 Å². The second-order valence-electron chi connectivity index (χ2n) is 6.20. The van der Waals surface area contributed by atoms with Crippen molar-refractivity contribution in [2.75, 3.05) is 23.4 Å². The van der Waals surface area contributed by atoms with Gasteiger partial charge in [-0.2, -0.15) is 0 Å². The van der Waals surface area contributed by atoms with E-state index in [1.807, 2.05) is 66.7 Å². The Balaban J connectivity index is 1.55. The zero-order valence-electron chi connectivity index (χ0n) is 14.6. The number of rotatable bonds is 4.